The number of amides is 1. The van der Waals surface area contributed by atoms with Crippen molar-refractivity contribution in [1.29, 1.82) is 0 Å². The molecule has 0 unspecified atom stereocenters. The molecule has 0 aromatic heterocycles. The van der Waals surface area contributed by atoms with Crippen molar-refractivity contribution in [2.24, 2.45) is 0 Å². The molecular weight excluding hydrogens is 352 g/mol. The number of benzene rings is 2. The summed E-state index contributed by atoms with van der Waals surface area (Å²) in [4.78, 5) is 17.9. The van der Waals surface area contributed by atoms with E-state index in [1.165, 1.54) is 4.31 Å². The lowest BCUT2D eigenvalue weighted by atomic mass is 9.95. The van der Waals surface area contributed by atoms with Gasteiger partial charge in [0.2, 0.25) is 10.0 Å². The maximum absolute atomic E-state index is 12.6. The second-order valence-corrected chi connectivity index (χ2v) is 8.39. The minimum atomic E-state index is -3.52. The lowest BCUT2D eigenvalue weighted by Gasteiger charge is -2.34. The summed E-state index contributed by atoms with van der Waals surface area (Å²) in [6.07, 6.45) is 0.329. The SMILES string of the molecule is CCS(=O)(=O)N1Cc2ccccc2C[C@@H]1C(=O)NOCc1ccccc1. The highest BCUT2D eigenvalue weighted by Gasteiger charge is 2.38. The Balaban J connectivity index is 1.73. The van der Waals surface area contributed by atoms with E-state index in [9.17, 15) is 13.2 Å². The topological polar surface area (TPSA) is 75.7 Å². The van der Waals surface area contributed by atoms with Gasteiger partial charge >= 0.3 is 0 Å². The highest BCUT2D eigenvalue weighted by Crippen LogP contribution is 2.26. The summed E-state index contributed by atoms with van der Waals surface area (Å²) in [6, 6.07) is 16.2. The Labute approximate surface area is 153 Å². The van der Waals surface area contributed by atoms with E-state index < -0.39 is 22.0 Å². The number of sulfonamides is 1. The van der Waals surface area contributed by atoms with Crippen LogP contribution in [0.2, 0.25) is 0 Å². The van der Waals surface area contributed by atoms with Crippen LogP contribution in [0.3, 0.4) is 0 Å². The van der Waals surface area contributed by atoms with E-state index in [1.54, 1.807) is 6.92 Å². The predicted octanol–water partition coefficient (Wildman–Crippen LogP) is 2.01. The van der Waals surface area contributed by atoms with Gasteiger partial charge in [-0.25, -0.2) is 13.9 Å². The van der Waals surface area contributed by atoms with Crippen LogP contribution in [0, 0.1) is 0 Å². The number of rotatable bonds is 6. The third-order valence-corrected chi connectivity index (χ3v) is 6.31. The summed E-state index contributed by atoms with van der Waals surface area (Å²) in [5.74, 6) is -0.503. The molecule has 0 aliphatic carbocycles. The maximum Gasteiger partial charge on any atom is 0.262 e. The molecule has 0 saturated carbocycles. The van der Waals surface area contributed by atoms with Crippen LogP contribution in [0.5, 0.6) is 0 Å². The van der Waals surface area contributed by atoms with Gasteiger partial charge in [-0.05, 0) is 30.0 Å². The lowest BCUT2D eigenvalue weighted by molar-refractivity contribution is -0.139. The van der Waals surface area contributed by atoms with Crippen molar-refractivity contribution in [3.63, 3.8) is 0 Å². The number of hydroxylamine groups is 1. The Kier molecular flexibility index (Phi) is 5.70. The molecular formula is C19H22N2O4S. The molecule has 0 radical (unpaired) electrons. The highest BCUT2D eigenvalue weighted by molar-refractivity contribution is 7.89. The minimum absolute atomic E-state index is 0.0518. The van der Waals surface area contributed by atoms with Gasteiger partial charge in [0.25, 0.3) is 5.91 Å². The molecule has 2 aromatic carbocycles. The molecule has 1 amide bonds. The van der Waals surface area contributed by atoms with Crippen molar-refractivity contribution in [3.8, 4) is 0 Å². The summed E-state index contributed by atoms with van der Waals surface area (Å²) in [5, 5.41) is 0. The summed E-state index contributed by atoms with van der Waals surface area (Å²) in [6.45, 7) is 2.00. The number of hydrogen-bond acceptors (Lipinski definition) is 4. The standard InChI is InChI=1S/C19H22N2O4S/c1-2-26(23,24)21-13-17-11-7-6-10-16(17)12-18(21)19(22)20-25-14-15-8-4-3-5-9-15/h3-11,18H,2,12-14H2,1H3,(H,20,22)/t18-/m1/s1. The van der Waals surface area contributed by atoms with Crippen LogP contribution in [-0.2, 0) is 39.2 Å². The van der Waals surface area contributed by atoms with E-state index in [-0.39, 0.29) is 18.9 Å². The van der Waals surface area contributed by atoms with Gasteiger partial charge in [-0.3, -0.25) is 9.63 Å². The zero-order valence-corrected chi connectivity index (χ0v) is 15.4. The molecule has 0 fully saturated rings. The highest BCUT2D eigenvalue weighted by atomic mass is 32.2. The van der Waals surface area contributed by atoms with Crippen molar-refractivity contribution in [2.45, 2.75) is 32.5 Å². The first-order valence-corrected chi connectivity index (χ1v) is 10.1. The van der Waals surface area contributed by atoms with E-state index in [1.807, 2.05) is 54.6 Å². The summed E-state index contributed by atoms with van der Waals surface area (Å²) >= 11 is 0. The Morgan fingerprint density at radius 3 is 2.46 bits per heavy atom. The summed E-state index contributed by atoms with van der Waals surface area (Å²) < 4.78 is 26.2. The maximum atomic E-state index is 12.6. The lowest BCUT2D eigenvalue weighted by Crippen LogP contribution is -2.52. The molecule has 7 heteroatoms. The van der Waals surface area contributed by atoms with Crippen molar-refractivity contribution in [3.05, 3.63) is 71.3 Å². The van der Waals surface area contributed by atoms with Gasteiger partial charge in [-0.2, -0.15) is 4.31 Å². The molecule has 0 bridgehead atoms. The van der Waals surface area contributed by atoms with Crippen LogP contribution in [0.25, 0.3) is 0 Å². The number of hydrogen-bond donors (Lipinski definition) is 1. The Morgan fingerprint density at radius 2 is 1.77 bits per heavy atom. The predicted molar refractivity (Wildman–Crippen MR) is 98.3 cm³/mol. The third kappa shape index (κ3) is 4.12. The number of nitrogens with zero attached hydrogens (tertiary/aromatic N) is 1. The largest absolute Gasteiger partial charge is 0.271 e. The third-order valence-electron chi connectivity index (χ3n) is 4.48. The number of fused-ring (bicyclic) bond motifs is 1. The molecule has 6 nitrogen and oxygen atoms in total. The van der Waals surface area contributed by atoms with Crippen LogP contribution in [-0.4, -0.2) is 30.4 Å². The van der Waals surface area contributed by atoms with Crippen molar-refractivity contribution >= 4 is 15.9 Å². The molecule has 1 aliphatic heterocycles. The molecule has 26 heavy (non-hydrogen) atoms. The second-order valence-electron chi connectivity index (χ2n) is 6.18. The van der Waals surface area contributed by atoms with Crippen molar-refractivity contribution in [2.75, 3.05) is 5.75 Å². The number of carbonyl (C=O) groups excluding carboxylic acids is 1. The van der Waals surface area contributed by atoms with Crippen LogP contribution in [0.4, 0.5) is 0 Å². The first-order chi connectivity index (χ1) is 12.5. The Bertz CT molecular complexity index is 868. The normalized spacial score (nSPS) is 17.5. The second kappa shape index (κ2) is 7.99. The van der Waals surface area contributed by atoms with Gasteiger partial charge in [-0.1, -0.05) is 54.6 Å². The zero-order chi connectivity index (χ0) is 18.6. The molecule has 1 aliphatic rings. The number of carbonyl (C=O) groups is 1. The number of nitrogens with one attached hydrogen (secondary N) is 1. The van der Waals surface area contributed by atoms with E-state index in [4.69, 9.17) is 4.84 Å². The quantitative estimate of drug-likeness (QED) is 0.785. The van der Waals surface area contributed by atoms with E-state index in [0.717, 1.165) is 16.7 Å². The molecule has 3 rings (SSSR count). The van der Waals surface area contributed by atoms with Gasteiger partial charge in [0.15, 0.2) is 0 Å². The van der Waals surface area contributed by atoms with Gasteiger partial charge in [-0.15, -0.1) is 0 Å². The van der Waals surface area contributed by atoms with E-state index >= 15 is 0 Å². The molecule has 2 aromatic rings. The molecule has 1 heterocycles. The average Bonchev–Trinajstić information content (AvgIpc) is 2.67. The van der Waals surface area contributed by atoms with Gasteiger partial charge < -0.3 is 0 Å². The smallest absolute Gasteiger partial charge is 0.262 e. The van der Waals surface area contributed by atoms with Gasteiger partial charge in [0.05, 0.1) is 12.4 Å². The van der Waals surface area contributed by atoms with E-state index in [0.29, 0.717) is 6.42 Å². The Hall–Kier alpha value is -2.22. The van der Waals surface area contributed by atoms with Crippen molar-refractivity contribution < 1.29 is 18.0 Å². The van der Waals surface area contributed by atoms with Crippen LogP contribution < -0.4 is 5.48 Å². The zero-order valence-electron chi connectivity index (χ0n) is 14.6. The minimum Gasteiger partial charge on any atom is -0.271 e. The first-order valence-electron chi connectivity index (χ1n) is 8.53. The van der Waals surface area contributed by atoms with Gasteiger partial charge in [0, 0.05) is 6.54 Å². The van der Waals surface area contributed by atoms with Crippen LogP contribution in [0.1, 0.15) is 23.6 Å². The monoisotopic (exact) mass is 374 g/mol. The summed E-state index contributed by atoms with van der Waals surface area (Å²) in [7, 11) is -3.52. The molecule has 1 N–H and O–H groups in total. The fourth-order valence-electron chi connectivity index (χ4n) is 3.01. The summed E-state index contributed by atoms with van der Waals surface area (Å²) in [5.41, 5.74) is 5.24. The fourth-order valence-corrected chi connectivity index (χ4v) is 4.24. The Morgan fingerprint density at radius 1 is 1.12 bits per heavy atom. The molecule has 0 saturated heterocycles. The fraction of sp³-hybridized carbons (Fsp3) is 0.316. The van der Waals surface area contributed by atoms with Crippen LogP contribution >= 0.6 is 0 Å². The average molecular weight is 374 g/mol. The molecule has 138 valence electrons. The molecule has 1 atom stereocenters. The van der Waals surface area contributed by atoms with E-state index in [2.05, 4.69) is 5.48 Å². The first kappa shape index (κ1) is 18.6. The van der Waals surface area contributed by atoms with Crippen LogP contribution in [0.15, 0.2) is 54.6 Å². The molecule has 0 spiro atoms. The van der Waals surface area contributed by atoms with Crippen molar-refractivity contribution in [1.82, 2.24) is 9.79 Å². The van der Waals surface area contributed by atoms with Gasteiger partial charge in [0.1, 0.15) is 6.04 Å².